The lowest BCUT2D eigenvalue weighted by atomic mass is 10.1. The van der Waals surface area contributed by atoms with E-state index in [1.807, 2.05) is 0 Å². The molecule has 0 aromatic heterocycles. The molecule has 0 fully saturated rings. The number of hydrogen-bond acceptors (Lipinski definition) is 5. The fourth-order valence-corrected chi connectivity index (χ4v) is 2.68. The Morgan fingerprint density at radius 1 is 0.846 bits per heavy atom. The van der Waals surface area contributed by atoms with Crippen LogP contribution in [0.25, 0.3) is 0 Å². The van der Waals surface area contributed by atoms with Gasteiger partial charge in [-0.25, -0.2) is 0 Å². The number of amides is 1. The third kappa shape index (κ3) is 8.04. The Morgan fingerprint density at radius 2 is 1.31 bits per heavy atom. The van der Waals surface area contributed by atoms with Crippen molar-refractivity contribution in [2.24, 2.45) is 0 Å². The topological polar surface area (TPSA) is 115 Å². The first-order valence-corrected chi connectivity index (χ1v) is 9.17. The van der Waals surface area contributed by atoms with Crippen LogP contribution < -0.4 is 5.32 Å². The molecule has 8 heteroatoms. The van der Waals surface area contributed by atoms with E-state index >= 15 is 0 Å². The second-order valence-corrected chi connectivity index (χ2v) is 6.34. The maximum atomic E-state index is 12.1. The number of rotatable bonds is 13. The van der Waals surface area contributed by atoms with Crippen molar-refractivity contribution < 1.29 is 14.6 Å². The highest BCUT2D eigenvalue weighted by Gasteiger charge is 2.19. The fraction of sp³-hybridized carbons (Fsp3) is 0.611. The molecule has 0 saturated heterocycles. The number of benzene rings is 1. The van der Waals surface area contributed by atoms with E-state index < -0.39 is 27.1 Å². The van der Waals surface area contributed by atoms with E-state index in [1.165, 1.54) is 38.5 Å². The van der Waals surface area contributed by atoms with Crippen LogP contribution in [0.3, 0.4) is 0 Å². The summed E-state index contributed by atoms with van der Waals surface area (Å²) in [5, 5.41) is 24.4. The molecular weight excluding hydrogens is 338 g/mol. The van der Waals surface area contributed by atoms with Crippen LogP contribution >= 0.6 is 0 Å². The summed E-state index contributed by atoms with van der Waals surface area (Å²) in [6.45, 7) is 2.64. The maximum Gasteiger partial charge on any atom is 0.277 e. The van der Waals surface area contributed by atoms with Crippen LogP contribution in [0.15, 0.2) is 18.2 Å². The fourth-order valence-electron chi connectivity index (χ4n) is 2.68. The number of carbonyl (C=O) groups excluding carboxylic acids is 1. The summed E-state index contributed by atoms with van der Waals surface area (Å²) < 4.78 is 0. The monoisotopic (exact) mass is 365 g/mol. The van der Waals surface area contributed by atoms with Crippen molar-refractivity contribution in [3.05, 3.63) is 44.0 Å². The molecule has 0 unspecified atom stereocenters. The Morgan fingerprint density at radius 3 is 1.77 bits per heavy atom. The van der Waals surface area contributed by atoms with Gasteiger partial charge in [-0.15, -0.1) is 0 Å². The number of nitrogens with zero attached hydrogens (tertiary/aromatic N) is 2. The van der Waals surface area contributed by atoms with Crippen LogP contribution in [0.2, 0.25) is 0 Å². The van der Waals surface area contributed by atoms with Crippen molar-refractivity contribution in [2.75, 3.05) is 6.54 Å². The van der Waals surface area contributed by atoms with Crippen molar-refractivity contribution in [3.63, 3.8) is 0 Å². The molecule has 1 aromatic rings. The van der Waals surface area contributed by atoms with E-state index in [0.29, 0.717) is 6.54 Å². The number of nitro benzene ring substituents is 2. The van der Waals surface area contributed by atoms with Crippen molar-refractivity contribution in [3.8, 4) is 0 Å². The van der Waals surface area contributed by atoms with Crippen molar-refractivity contribution >= 4 is 17.3 Å². The molecule has 0 aliphatic heterocycles. The second-order valence-electron chi connectivity index (χ2n) is 6.34. The molecule has 26 heavy (non-hydrogen) atoms. The summed E-state index contributed by atoms with van der Waals surface area (Å²) in [7, 11) is 0. The predicted molar refractivity (Wildman–Crippen MR) is 99.3 cm³/mol. The summed E-state index contributed by atoms with van der Waals surface area (Å²) in [5.74, 6) is -0.531. The van der Waals surface area contributed by atoms with E-state index in [-0.39, 0.29) is 5.56 Å². The van der Waals surface area contributed by atoms with Gasteiger partial charge in [0, 0.05) is 18.7 Å². The number of unbranched alkanes of at least 4 members (excludes halogenated alkanes) is 8. The largest absolute Gasteiger partial charge is 0.352 e. The molecule has 0 heterocycles. The molecule has 1 rings (SSSR count). The third-order valence-electron chi connectivity index (χ3n) is 4.15. The first-order valence-electron chi connectivity index (χ1n) is 9.17. The van der Waals surface area contributed by atoms with Gasteiger partial charge in [0.05, 0.1) is 21.5 Å². The molecule has 8 nitrogen and oxygen atoms in total. The lowest BCUT2D eigenvalue weighted by Gasteiger charge is -2.06. The third-order valence-corrected chi connectivity index (χ3v) is 4.15. The van der Waals surface area contributed by atoms with E-state index in [4.69, 9.17) is 0 Å². The van der Waals surface area contributed by atoms with Crippen molar-refractivity contribution in [2.45, 2.75) is 64.7 Å². The molecule has 1 aromatic carbocycles. The van der Waals surface area contributed by atoms with Crippen molar-refractivity contribution in [1.82, 2.24) is 5.32 Å². The number of carbonyl (C=O) groups is 1. The molecule has 0 bridgehead atoms. The minimum Gasteiger partial charge on any atom is -0.352 e. The average molecular weight is 365 g/mol. The van der Waals surface area contributed by atoms with Gasteiger partial charge in [0.25, 0.3) is 17.3 Å². The van der Waals surface area contributed by atoms with Gasteiger partial charge in [0.1, 0.15) is 0 Å². The molecule has 1 amide bonds. The highest BCUT2D eigenvalue weighted by molar-refractivity contribution is 5.95. The summed E-state index contributed by atoms with van der Waals surface area (Å²) in [6, 6.07) is 2.95. The van der Waals surface area contributed by atoms with E-state index in [1.54, 1.807) is 0 Å². The van der Waals surface area contributed by atoms with Crippen molar-refractivity contribution in [1.29, 1.82) is 0 Å². The number of non-ortho nitro benzene ring substituents is 2. The number of hydrogen-bond donors (Lipinski definition) is 1. The zero-order chi connectivity index (χ0) is 19.4. The standard InChI is InChI=1S/C18H27N3O5/c1-2-3-4-5-6-7-8-9-10-11-19-18(22)15-12-16(20(23)24)14-17(13-15)21(25)26/h12-14H,2-11H2,1H3,(H,19,22). The van der Waals surface area contributed by atoms with E-state index in [2.05, 4.69) is 12.2 Å². The predicted octanol–water partition coefficient (Wildman–Crippen LogP) is 4.76. The molecule has 0 aliphatic rings. The smallest absolute Gasteiger partial charge is 0.277 e. The zero-order valence-corrected chi connectivity index (χ0v) is 15.2. The molecule has 0 atom stereocenters. The molecule has 0 aliphatic carbocycles. The summed E-state index contributed by atoms with van der Waals surface area (Å²) >= 11 is 0. The molecule has 0 spiro atoms. The molecule has 1 N–H and O–H groups in total. The SMILES string of the molecule is CCCCCCCCCCCNC(=O)c1cc([N+](=O)[O-])cc([N+](=O)[O-])c1. The van der Waals surface area contributed by atoms with Crippen LogP contribution in [0.1, 0.15) is 75.1 Å². The van der Waals surface area contributed by atoms with Crippen LogP contribution in [-0.4, -0.2) is 22.3 Å². The Hall–Kier alpha value is -2.51. The van der Waals surface area contributed by atoms with Gasteiger partial charge >= 0.3 is 0 Å². The van der Waals surface area contributed by atoms with Crippen LogP contribution in [0.5, 0.6) is 0 Å². The van der Waals surface area contributed by atoms with Gasteiger partial charge in [-0.05, 0) is 6.42 Å². The Labute approximate surface area is 153 Å². The summed E-state index contributed by atoms with van der Waals surface area (Å²) in [5.41, 5.74) is -0.998. The van der Waals surface area contributed by atoms with Crippen LogP contribution in [-0.2, 0) is 0 Å². The van der Waals surface area contributed by atoms with Gasteiger partial charge in [0.2, 0.25) is 0 Å². The molecule has 0 radical (unpaired) electrons. The maximum absolute atomic E-state index is 12.1. The average Bonchev–Trinajstić information content (AvgIpc) is 2.62. The van der Waals surface area contributed by atoms with Crippen LogP contribution in [0, 0.1) is 20.2 Å². The highest BCUT2D eigenvalue weighted by Crippen LogP contribution is 2.22. The molecule has 0 saturated carbocycles. The minimum absolute atomic E-state index is 0.0678. The normalized spacial score (nSPS) is 10.5. The lowest BCUT2D eigenvalue weighted by molar-refractivity contribution is -0.394. The minimum atomic E-state index is -0.746. The first-order chi connectivity index (χ1) is 12.5. The Kier molecular flexibility index (Phi) is 9.89. The highest BCUT2D eigenvalue weighted by atomic mass is 16.6. The summed E-state index contributed by atoms with van der Waals surface area (Å²) in [6.07, 6.45) is 10.5. The van der Waals surface area contributed by atoms with Gasteiger partial charge in [-0.3, -0.25) is 25.0 Å². The quantitative estimate of drug-likeness (QED) is 0.307. The number of nitro groups is 2. The van der Waals surface area contributed by atoms with Gasteiger partial charge in [-0.2, -0.15) is 0 Å². The number of nitrogens with one attached hydrogen (secondary N) is 1. The van der Waals surface area contributed by atoms with Gasteiger partial charge in [-0.1, -0.05) is 58.3 Å². The zero-order valence-electron chi connectivity index (χ0n) is 15.2. The van der Waals surface area contributed by atoms with E-state index in [9.17, 15) is 25.0 Å². The lowest BCUT2D eigenvalue weighted by Crippen LogP contribution is -2.24. The Bertz CT molecular complexity index is 587. The summed E-state index contributed by atoms with van der Waals surface area (Å²) in [4.78, 5) is 32.3. The molecule has 144 valence electrons. The van der Waals surface area contributed by atoms with E-state index in [0.717, 1.165) is 37.5 Å². The second kappa shape index (κ2) is 11.9. The molecular formula is C18H27N3O5. The first kappa shape index (κ1) is 21.5. The van der Waals surface area contributed by atoms with Crippen LogP contribution in [0.4, 0.5) is 11.4 Å². The van der Waals surface area contributed by atoms with Gasteiger partial charge in [0.15, 0.2) is 0 Å². The van der Waals surface area contributed by atoms with Gasteiger partial charge < -0.3 is 5.32 Å². The Balaban J connectivity index is 2.35.